The Labute approximate surface area is 81.6 Å². The van der Waals surface area contributed by atoms with E-state index in [1.54, 1.807) is 0 Å². The Morgan fingerprint density at radius 1 is 0.786 bits per heavy atom. The quantitative estimate of drug-likeness (QED) is 0.562. The molecule has 2 amide bonds. The summed E-state index contributed by atoms with van der Waals surface area (Å²) < 4.78 is 0. The third-order valence-electron chi connectivity index (χ3n) is 0.846. The van der Waals surface area contributed by atoms with Crippen molar-refractivity contribution in [2.45, 2.75) is 26.7 Å². The second-order valence-corrected chi connectivity index (χ2v) is 2.69. The highest BCUT2D eigenvalue weighted by Crippen LogP contribution is 1.75. The molecule has 0 rings (SSSR count). The highest BCUT2D eigenvalue weighted by atomic mass is 16.2. The Kier molecular flexibility index (Phi) is 8.35. The molecule has 14 heavy (non-hydrogen) atoms. The van der Waals surface area contributed by atoms with Gasteiger partial charge in [-0.05, 0) is 13.8 Å². The van der Waals surface area contributed by atoms with Crippen molar-refractivity contribution in [2.75, 3.05) is 0 Å². The molecule has 6 heteroatoms. The molecule has 0 atom stereocenters. The van der Waals surface area contributed by atoms with Gasteiger partial charge in [0.05, 0.1) is 12.8 Å². The largest absolute Gasteiger partial charge is 0.369 e. The molecule has 0 radical (unpaired) electrons. The first kappa shape index (κ1) is 14.8. The predicted octanol–water partition coefficient (Wildman–Crippen LogP) is -1.10. The van der Waals surface area contributed by atoms with Crippen LogP contribution in [0.2, 0.25) is 0 Å². The van der Waals surface area contributed by atoms with Gasteiger partial charge in [0.15, 0.2) is 0 Å². The van der Waals surface area contributed by atoms with Crippen LogP contribution in [0.25, 0.3) is 0 Å². The summed E-state index contributed by atoms with van der Waals surface area (Å²) in [5.74, 6) is -1.50. The second-order valence-electron chi connectivity index (χ2n) is 2.69. The minimum Gasteiger partial charge on any atom is -0.369 e. The normalized spacial score (nSPS) is 8.14. The molecule has 0 aromatic heterocycles. The molecule has 0 bridgehead atoms. The Bertz CT molecular complexity index is 198. The summed E-state index contributed by atoms with van der Waals surface area (Å²) in [7, 11) is 0. The number of hydrogen-bond donors (Lipinski definition) is 2. The lowest BCUT2D eigenvalue weighted by Crippen LogP contribution is -2.13. The van der Waals surface area contributed by atoms with Crippen LogP contribution in [0.1, 0.15) is 26.7 Å². The van der Waals surface area contributed by atoms with Crippen LogP contribution < -0.4 is 11.5 Å². The van der Waals surface area contributed by atoms with Gasteiger partial charge in [0.25, 0.3) is 0 Å². The summed E-state index contributed by atoms with van der Waals surface area (Å²) in [6.45, 7) is 2.65. The first-order chi connectivity index (χ1) is 6.25. The van der Waals surface area contributed by atoms with Gasteiger partial charge in [-0.1, -0.05) is 0 Å². The van der Waals surface area contributed by atoms with Crippen LogP contribution in [0.3, 0.4) is 0 Å². The molecule has 6 nitrogen and oxygen atoms in total. The molecular formula is C8H14N2O4. The monoisotopic (exact) mass is 202 g/mol. The van der Waals surface area contributed by atoms with Crippen molar-refractivity contribution >= 4 is 23.4 Å². The van der Waals surface area contributed by atoms with E-state index in [0.717, 1.165) is 0 Å². The Balaban J connectivity index is 0. The molecular weight excluding hydrogens is 188 g/mol. The van der Waals surface area contributed by atoms with Gasteiger partial charge in [-0.15, -0.1) is 0 Å². The number of rotatable bonds is 4. The van der Waals surface area contributed by atoms with E-state index < -0.39 is 11.8 Å². The van der Waals surface area contributed by atoms with E-state index in [1.807, 2.05) is 0 Å². The van der Waals surface area contributed by atoms with Gasteiger partial charge < -0.3 is 11.5 Å². The molecule has 0 heterocycles. The molecule has 0 aliphatic rings. The van der Waals surface area contributed by atoms with E-state index >= 15 is 0 Å². The standard InChI is InChI=1S/2C4H7NO2/c2*1-3(6)2-4(5)7/h2*2H2,1H3,(H2,5,7). The summed E-state index contributed by atoms with van der Waals surface area (Å²) >= 11 is 0. The SMILES string of the molecule is CC(=O)CC(N)=O.CC(=O)CC(N)=O. The van der Waals surface area contributed by atoms with Gasteiger partial charge in [0.1, 0.15) is 11.6 Å². The van der Waals surface area contributed by atoms with Crippen molar-refractivity contribution < 1.29 is 19.2 Å². The highest BCUT2D eigenvalue weighted by Gasteiger charge is 1.96. The number of ketones is 2. The third kappa shape index (κ3) is 22.4. The molecule has 80 valence electrons. The van der Waals surface area contributed by atoms with Crippen molar-refractivity contribution in [3.05, 3.63) is 0 Å². The lowest BCUT2D eigenvalue weighted by Gasteiger charge is -1.82. The summed E-state index contributed by atoms with van der Waals surface area (Å²) in [5, 5.41) is 0. The number of primary amides is 2. The average molecular weight is 202 g/mol. The number of hydrogen-bond acceptors (Lipinski definition) is 4. The topological polar surface area (TPSA) is 120 Å². The van der Waals surface area contributed by atoms with E-state index in [-0.39, 0.29) is 24.4 Å². The second kappa shape index (κ2) is 7.90. The van der Waals surface area contributed by atoms with Gasteiger partial charge in [-0.25, -0.2) is 0 Å². The predicted molar refractivity (Wildman–Crippen MR) is 49.0 cm³/mol. The van der Waals surface area contributed by atoms with Crippen molar-refractivity contribution in [1.29, 1.82) is 0 Å². The van der Waals surface area contributed by atoms with E-state index in [0.29, 0.717) is 0 Å². The third-order valence-corrected chi connectivity index (χ3v) is 0.846. The van der Waals surface area contributed by atoms with Gasteiger partial charge in [-0.2, -0.15) is 0 Å². The number of carbonyl (C=O) groups is 4. The van der Waals surface area contributed by atoms with Crippen LogP contribution in [0.5, 0.6) is 0 Å². The van der Waals surface area contributed by atoms with E-state index in [4.69, 9.17) is 0 Å². The molecule has 0 saturated heterocycles. The maximum atomic E-state index is 9.95. The highest BCUT2D eigenvalue weighted by molar-refractivity contribution is 5.96. The molecule has 0 aliphatic carbocycles. The molecule has 4 N–H and O–H groups in total. The number of amides is 2. The van der Waals surface area contributed by atoms with Crippen LogP contribution in [0.15, 0.2) is 0 Å². The van der Waals surface area contributed by atoms with E-state index in [9.17, 15) is 19.2 Å². The zero-order valence-electron chi connectivity index (χ0n) is 8.20. The van der Waals surface area contributed by atoms with Crippen LogP contribution in [-0.4, -0.2) is 23.4 Å². The minimum absolute atomic E-state index is 0.139. The summed E-state index contributed by atoms with van der Waals surface area (Å²) in [6, 6.07) is 0. The fourth-order valence-corrected chi connectivity index (χ4v) is 0.491. The lowest BCUT2D eigenvalue weighted by atomic mass is 10.3. The summed E-state index contributed by atoms with van der Waals surface area (Å²) in [5.41, 5.74) is 9.27. The first-order valence-corrected chi connectivity index (χ1v) is 3.81. The van der Waals surface area contributed by atoms with Crippen molar-refractivity contribution in [3.8, 4) is 0 Å². The van der Waals surface area contributed by atoms with Crippen molar-refractivity contribution in [3.63, 3.8) is 0 Å². The van der Waals surface area contributed by atoms with Crippen molar-refractivity contribution in [2.24, 2.45) is 11.5 Å². The van der Waals surface area contributed by atoms with E-state index in [1.165, 1.54) is 13.8 Å². The zero-order chi connectivity index (χ0) is 11.7. The van der Waals surface area contributed by atoms with Gasteiger partial charge in [0, 0.05) is 0 Å². The van der Waals surface area contributed by atoms with Crippen LogP contribution in [0.4, 0.5) is 0 Å². The lowest BCUT2D eigenvalue weighted by molar-refractivity contribution is -0.126. The summed E-state index contributed by atoms with van der Waals surface area (Å²) in [4.78, 5) is 39.5. The van der Waals surface area contributed by atoms with Gasteiger partial charge in [-0.3, -0.25) is 19.2 Å². The minimum atomic E-state index is -0.562. The maximum Gasteiger partial charge on any atom is 0.224 e. The fourth-order valence-electron chi connectivity index (χ4n) is 0.491. The fraction of sp³-hybridized carbons (Fsp3) is 0.500. The molecule has 0 aromatic carbocycles. The molecule has 0 fully saturated rings. The molecule has 0 aliphatic heterocycles. The maximum absolute atomic E-state index is 9.95. The molecule has 0 spiro atoms. The number of Topliss-reactive ketones (excluding diaryl/α,β-unsaturated/α-hetero) is 2. The Morgan fingerprint density at radius 3 is 1.00 bits per heavy atom. The van der Waals surface area contributed by atoms with Crippen LogP contribution in [0, 0.1) is 0 Å². The summed E-state index contributed by atoms with van der Waals surface area (Å²) in [6.07, 6.45) is -0.278. The zero-order valence-corrected chi connectivity index (χ0v) is 8.20. The molecule has 0 aromatic rings. The molecule has 0 saturated carbocycles. The Hall–Kier alpha value is -1.72. The van der Waals surface area contributed by atoms with Crippen molar-refractivity contribution in [1.82, 2.24) is 0 Å². The Morgan fingerprint density at radius 2 is 1.00 bits per heavy atom. The van der Waals surface area contributed by atoms with Gasteiger partial charge >= 0.3 is 0 Å². The number of nitrogens with two attached hydrogens (primary N) is 2. The van der Waals surface area contributed by atoms with Crippen LogP contribution in [-0.2, 0) is 19.2 Å². The van der Waals surface area contributed by atoms with Crippen LogP contribution >= 0.6 is 0 Å². The first-order valence-electron chi connectivity index (χ1n) is 3.81. The smallest absolute Gasteiger partial charge is 0.224 e. The molecule has 0 unspecified atom stereocenters. The average Bonchev–Trinajstić information content (AvgIpc) is 1.79. The van der Waals surface area contributed by atoms with Gasteiger partial charge in [0.2, 0.25) is 11.8 Å². The van der Waals surface area contributed by atoms with E-state index in [2.05, 4.69) is 11.5 Å². The number of carbonyl (C=O) groups excluding carboxylic acids is 4.